The van der Waals surface area contributed by atoms with E-state index < -0.39 is 0 Å². The first-order valence-electron chi connectivity index (χ1n) is 7.25. The smallest absolute Gasteiger partial charge is 0.227 e. The fourth-order valence-corrected chi connectivity index (χ4v) is 3.04. The third kappa shape index (κ3) is 2.14. The van der Waals surface area contributed by atoms with Crippen molar-refractivity contribution in [3.63, 3.8) is 0 Å². The highest BCUT2D eigenvalue weighted by Crippen LogP contribution is 2.49. The topological polar surface area (TPSA) is 94.4 Å². The van der Waals surface area contributed by atoms with E-state index >= 15 is 0 Å². The summed E-state index contributed by atoms with van der Waals surface area (Å²) in [7, 11) is 0. The minimum absolute atomic E-state index is 0.122. The normalized spacial score (nSPS) is 15.4. The van der Waals surface area contributed by atoms with Gasteiger partial charge in [0.2, 0.25) is 5.88 Å². The Morgan fingerprint density at radius 2 is 1.78 bits per heavy atom. The van der Waals surface area contributed by atoms with Gasteiger partial charge >= 0.3 is 0 Å². The van der Waals surface area contributed by atoms with Gasteiger partial charge in [-0.3, -0.25) is 0 Å². The van der Waals surface area contributed by atoms with Gasteiger partial charge in [0.25, 0.3) is 0 Å². The molecule has 1 aromatic heterocycles. The van der Waals surface area contributed by atoms with E-state index in [2.05, 4.69) is 4.98 Å². The minimum atomic E-state index is -0.122. The summed E-state index contributed by atoms with van der Waals surface area (Å²) in [5.74, 6) is 1.26. The summed E-state index contributed by atoms with van der Waals surface area (Å²) in [6.07, 6.45) is 0. The summed E-state index contributed by atoms with van der Waals surface area (Å²) in [6, 6.07) is 16.7. The Morgan fingerprint density at radius 3 is 2.57 bits per heavy atom. The predicted molar refractivity (Wildman–Crippen MR) is 88.6 cm³/mol. The molecule has 0 spiro atoms. The molecular formula is C18H15N3O2. The monoisotopic (exact) mass is 305 g/mol. The Balaban J connectivity index is 2.01. The maximum Gasteiger partial charge on any atom is 0.227 e. The highest BCUT2D eigenvalue weighted by Gasteiger charge is 2.32. The molecular weight excluding hydrogens is 290 g/mol. The van der Waals surface area contributed by atoms with Crippen LogP contribution < -0.4 is 16.2 Å². The highest BCUT2D eigenvalue weighted by atomic mass is 16.5. The summed E-state index contributed by atoms with van der Waals surface area (Å²) in [4.78, 5) is 4.27. The van der Waals surface area contributed by atoms with Gasteiger partial charge in [0.1, 0.15) is 17.3 Å². The molecule has 2 aromatic carbocycles. The predicted octanol–water partition coefficient (Wildman–Crippen LogP) is 3.24. The van der Waals surface area contributed by atoms with Gasteiger partial charge in [-0.2, -0.15) is 4.98 Å². The fraction of sp³-hybridized carbons (Fsp3) is 0.0556. The summed E-state index contributed by atoms with van der Waals surface area (Å²) in [6.45, 7) is 0. The zero-order valence-electron chi connectivity index (χ0n) is 12.2. The standard InChI is InChI=1S/C18H15N3O2/c19-13-9-15(20)21-18-17(13)16(10-4-2-1-3-5-10)12-7-6-11(22)8-14(12)23-18/h1-9,16,22H,(H4,19,20,21). The third-order valence-electron chi connectivity index (χ3n) is 4.01. The van der Waals surface area contributed by atoms with Gasteiger partial charge in [-0.05, 0) is 11.6 Å². The molecule has 1 aliphatic rings. The molecule has 1 unspecified atom stereocenters. The Bertz CT molecular complexity index is 894. The molecule has 0 saturated carbocycles. The Labute approximate surface area is 133 Å². The van der Waals surface area contributed by atoms with Crippen LogP contribution in [0.25, 0.3) is 0 Å². The number of nitrogens with two attached hydrogens (primary N) is 2. The van der Waals surface area contributed by atoms with Crippen LogP contribution in [-0.4, -0.2) is 10.1 Å². The van der Waals surface area contributed by atoms with Crippen molar-refractivity contribution in [3.8, 4) is 17.4 Å². The number of ether oxygens (including phenoxy) is 1. The molecule has 4 rings (SSSR count). The van der Waals surface area contributed by atoms with Crippen LogP contribution in [0.1, 0.15) is 22.6 Å². The Hall–Kier alpha value is -3.21. The summed E-state index contributed by atoms with van der Waals surface area (Å²) in [5.41, 5.74) is 15.3. The number of fused-ring (bicyclic) bond motifs is 2. The lowest BCUT2D eigenvalue weighted by Crippen LogP contribution is -2.15. The maximum absolute atomic E-state index is 9.75. The molecule has 114 valence electrons. The highest BCUT2D eigenvalue weighted by molar-refractivity contribution is 5.68. The van der Waals surface area contributed by atoms with E-state index in [4.69, 9.17) is 16.2 Å². The van der Waals surface area contributed by atoms with Gasteiger partial charge < -0.3 is 21.3 Å². The quantitative estimate of drug-likeness (QED) is 0.502. The maximum atomic E-state index is 9.75. The van der Waals surface area contributed by atoms with Crippen LogP contribution >= 0.6 is 0 Å². The molecule has 0 aliphatic carbocycles. The molecule has 3 aromatic rings. The number of hydrogen-bond acceptors (Lipinski definition) is 5. The Kier molecular flexibility index (Phi) is 2.87. The number of benzene rings is 2. The number of nitrogens with zero attached hydrogens (tertiary/aromatic N) is 1. The van der Waals surface area contributed by atoms with Crippen LogP contribution in [0.3, 0.4) is 0 Å². The number of aromatic hydroxyl groups is 1. The van der Waals surface area contributed by atoms with E-state index in [-0.39, 0.29) is 11.7 Å². The van der Waals surface area contributed by atoms with Crippen molar-refractivity contribution < 1.29 is 9.84 Å². The lowest BCUT2D eigenvalue weighted by Gasteiger charge is -2.29. The second kappa shape index (κ2) is 4.91. The SMILES string of the molecule is Nc1cc(N)c2c(n1)Oc1cc(O)ccc1C2c1ccccc1. The van der Waals surface area contributed by atoms with Crippen molar-refractivity contribution in [2.24, 2.45) is 0 Å². The molecule has 0 saturated heterocycles. The lowest BCUT2D eigenvalue weighted by molar-refractivity contribution is 0.424. The lowest BCUT2D eigenvalue weighted by atomic mass is 9.83. The summed E-state index contributed by atoms with van der Waals surface area (Å²) >= 11 is 0. The number of nitrogen functional groups attached to an aromatic ring is 2. The third-order valence-corrected chi connectivity index (χ3v) is 4.01. The van der Waals surface area contributed by atoms with Gasteiger partial charge in [0.15, 0.2) is 0 Å². The van der Waals surface area contributed by atoms with Crippen LogP contribution in [0.15, 0.2) is 54.6 Å². The van der Waals surface area contributed by atoms with Crippen LogP contribution in [-0.2, 0) is 0 Å². The first kappa shape index (κ1) is 13.5. The molecule has 2 heterocycles. The average molecular weight is 305 g/mol. The molecule has 5 heteroatoms. The van der Waals surface area contributed by atoms with E-state index in [9.17, 15) is 5.11 Å². The van der Waals surface area contributed by atoms with E-state index in [0.29, 0.717) is 23.1 Å². The van der Waals surface area contributed by atoms with Gasteiger partial charge in [0, 0.05) is 34.9 Å². The second-order valence-electron chi connectivity index (χ2n) is 5.52. The molecule has 5 nitrogen and oxygen atoms in total. The number of anilines is 2. The van der Waals surface area contributed by atoms with E-state index in [0.717, 1.165) is 16.7 Å². The largest absolute Gasteiger partial charge is 0.508 e. The number of pyridine rings is 1. The average Bonchev–Trinajstić information content (AvgIpc) is 2.53. The van der Waals surface area contributed by atoms with Gasteiger partial charge in [-0.1, -0.05) is 36.4 Å². The van der Waals surface area contributed by atoms with Crippen molar-refractivity contribution in [2.45, 2.75) is 5.92 Å². The Morgan fingerprint density at radius 1 is 1.00 bits per heavy atom. The van der Waals surface area contributed by atoms with Gasteiger partial charge in [-0.15, -0.1) is 0 Å². The first-order chi connectivity index (χ1) is 11.1. The summed E-state index contributed by atoms with van der Waals surface area (Å²) in [5, 5.41) is 9.75. The number of hydrogen-bond donors (Lipinski definition) is 3. The van der Waals surface area contributed by atoms with Crippen molar-refractivity contribution in [1.82, 2.24) is 4.98 Å². The summed E-state index contributed by atoms with van der Waals surface area (Å²) < 4.78 is 5.84. The molecule has 0 amide bonds. The van der Waals surface area contributed by atoms with Crippen LogP contribution in [0.5, 0.6) is 17.4 Å². The van der Waals surface area contributed by atoms with Crippen LogP contribution in [0.4, 0.5) is 11.5 Å². The molecule has 23 heavy (non-hydrogen) atoms. The number of phenols is 1. The molecule has 0 radical (unpaired) electrons. The van der Waals surface area contributed by atoms with Gasteiger partial charge in [-0.25, -0.2) is 0 Å². The van der Waals surface area contributed by atoms with E-state index in [1.54, 1.807) is 18.2 Å². The second-order valence-corrected chi connectivity index (χ2v) is 5.52. The van der Waals surface area contributed by atoms with Crippen LogP contribution in [0.2, 0.25) is 0 Å². The zero-order valence-corrected chi connectivity index (χ0v) is 12.2. The van der Waals surface area contributed by atoms with Crippen molar-refractivity contribution in [1.29, 1.82) is 0 Å². The molecule has 1 atom stereocenters. The molecule has 0 fully saturated rings. The molecule has 0 bridgehead atoms. The fourth-order valence-electron chi connectivity index (χ4n) is 3.04. The zero-order chi connectivity index (χ0) is 16.0. The van der Waals surface area contributed by atoms with Crippen molar-refractivity contribution in [2.75, 3.05) is 11.5 Å². The number of aromatic nitrogens is 1. The number of rotatable bonds is 1. The first-order valence-corrected chi connectivity index (χ1v) is 7.25. The minimum Gasteiger partial charge on any atom is -0.508 e. The van der Waals surface area contributed by atoms with Crippen molar-refractivity contribution in [3.05, 3.63) is 71.3 Å². The molecule has 1 aliphatic heterocycles. The van der Waals surface area contributed by atoms with E-state index in [1.165, 1.54) is 0 Å². The van der Waals surface area contributed by atoms with Crippen LogP contribution in [0, 0.1) is 0 Å². The molecule has 5 N–H and O–H groups in total. The van der Waals surface area contributed by atoms with E-state index in [1.807, 2.05) is 36.4 Å². The number of phenolic OH excluding ortho intramolecular Hbond substituents is 1. The van der Waals surface area contributed by atoms with Gasteiger partial charge in [0.05, 0.1) is 0 Å². The van der Waals surface area contributed by atoms with Crippen molar-refractivity contribution >= 4 is 11.5 Å².